The van der Waals surface area contributed by atoms with Crippen LogP contribution in [0.5, 0.6) is 5.88 Å². The van der Waals surface area contributed by atoms with E-state index in [4.69, 9.17) is 39.5 Å². The van der Waals surface area contributed by atoms with Crippen molar-refractivity contribution in [1.82, 2.24) is 15.0 Å². The molecule has 0 radical (unpaired) electrons. The van der Waals surface area contributed by atoms with Gasteiger partial charge in [-0.05, 0) is 26.8 Å². The summed E-state index contributed by atoms with van der Waals surface area (Å²) in [6.45, 7) is 5.92. The minimum atomic E-state index is -0.0558. The minimum Gasteiger partial charge on any atom is -0.474 e. The minimum absolute atomic E-state index is 0.0558. The van der Waals surface area contributed by atoms with E-state index in [1.165, 1.54) is 6.20 Å². The molecule has 5 nitrogen and oxygen atoms in total. The average molecular weight is 362 g/mol. The second-order valence-electron chi connectivity index (χ2n) is 4.82. The van der Waals surface area contributed by atoms with E-state index >= 15 is 0 Å². The number of pyridine rings is 1. The Morgan fingerprint density at radius 2 is 1.95 bits per heavy atom. The number of rotatable bonds is 5. The molecule has 0 spiro atoms. The molecule has 0 unspecified atom stereocenters. The highest BCUT2D eigenvalue weighted by atomic mass is 35.5. The predicted octanol–water partition coefficient (Wildman–Crippen LogP) is 4.33. The lowest BCUT2D eigenvalue weighted by molar-refractivity contribution is 0.292. The maximum Gasteiger partial charge on any atom is 0.232 e. The van der Waals surface area contributed by atoms with Gasteiger partial charge in [0.25, 0.3) is 0 Å². The van der Waals surface area contributed by atoms with Crippen molar-refractivity contribution in [1.29, 1.82) is 0 Å². The van der Waals surface area contributed by atoms with Crippen molar-refractivity contribution < 1.29 is 4.74 Å². The van der Waals surface area contributed by atoms with E-state index in [2.05, 4.69) is 20.3 Å². The van der Waals surface area contributed by atoms with Gasteiger partial charge < -0.3 is 10.1 Å². The Balaban J connectivity index is 2.00. The molecule has 2 rings (SSSR count). The fourth-order valence-corrected chi connectivity index (χ4v) is 2.36. The van der Waals surface area contributed by atoms with Crippen LogP contribution in [0.25, 0.3) is 0 Å². The summed E-state index contributed by atoms with van der Waals surface area (Å²) in [4.78, 5) is 12.5. The van der Waals surface area contributed by atoms with Crippen LogP contribution in [0.15, 0.2) is 12.3 Å². The third-order valence-corrected chi connectivity index (χ3v) is 3.69. The van der Waals surface area contributed by atoms with Gasteiger partial charge in [0.1, 0.15) is 28.3 Å². The Morgan fingerprint density at radius 3 is 2.64 bits per heavy atom. The zero-order chi connectivity index (χ0) is 16.3. The molecule has 1 atom stereocenters. The maximum absolute atomic E-state index is 6.19. The Morgan fingerprint density at radius 1 is 1.23 bits per heavy atom. The van der Waals surface area contributed by atoms with Crippen LogP contribution in [-0.2, 0) is 0 Å². The zero-order valence-corrected chi connectivity index (χ0v) is 14.6. The van der Waals surface area contributed by atoms with Gasteiger partial charge in [-0.15, -0.1) is 0 Å². The number of hydrogen-bond acceptors (Lipinski definition) is 5. The van der Waals surface area contributed by atoms with Crippen LogP contribution in [0, 0.1) is 13.8 Å². The topological polar surface area (TPSA) is 59.9 Å². The quantitative estimate of drug-likeness (QED) is 0.859. The maximum atomic E-state index is 6.19. The Labute approximate surface area is 144 Å². The lowest BCUT2D eigenvalue weighted by Gasteiger charge is -2.17. The molecule has 0 saturated carbocycles. The molecule has 118 valence electrons. The van der Waals surface area contributed by atoms with Crippen LogP contribution >= 0.6 is 34.8 Å². The monoisotopic (exact) mass is 360 g/mol. The number of nitrogens with one attached hydrogen (secondary N) is 1. The summed E-state index contributed by atoms with van der Waals surface area (Å²) < 4.78 is 5.58. The largest absolute Gasteiger partial charge is 0.474 e. The molecule has 0 aliphatic heterocycles. The molecular formula is C14H15Cl3N4O. The normalized spacial score (nSPS) is 12.1. The molecular weight excluding hydrogens is 347 g/mol. The number of halogens is 3. The highest BCUT2D eigenvalue weighted by Gasteiger charge is 2.12. The van der Waals surface area contributed by atoms with Gasteiger partial charge in [0.2, 0.25) is 5.88 Å². The van der Waals surface area contributed by atoms with E-state index in [0.29, 0.717) is 39.2 Å². The van der Waals surface area contributed by atoms with Gasteiger partial charge in [0, 0.05) is 6.20 Å². The van der Waals surface area contributed by atoms with Crippen LogP contribution in [0.2, 0.25) is 15.1 Å². The van der Waals surface area contributed by atoms with Crippen LogP contribution in [-0.4, -0.2) is 27.6 Å². The van der Waals surface area contributed by atoms with Crippen LogP contribution in [0.3, 0.4) is 0 Å². The van der Waals surface area contributed by atoms with Gasteiger partial charge in [-0.3, -0.25) is 0 Å². The molecule has 0 fully saturated rings. The van der Waals surface area contributed by atoms with Crippen molar-refractivity contribution in [3.8, 4) is 5.88 Å². The summed E-state index contributed by atoms with van der Waals surface area (Å²) in [5.74, 6) is 1.57. The van der Waals surface area contributed by atoms with E-state index in [-0.39, 0.29) is 6.04 Å². The van der Waals surface area contributed by atoms with E-state index < -0.39 is 0 Å². The molecule has 2 heterocycles. The standard InChI is InChI=1S/C14H15Cl3N4O/c1-7(6-22-14-11(16)4-10(15)5-18-14)19-13-12(17)8(2)20-9(3)21-13/h4-5,7H,6H2,1-3H3,(H,19,20,21)/t7-/m0/s1. The van der Waals surface area contributed by atoms with Crippen molar-refractivity contribution in [3.63, 3.8) is 0 Å². The van der Waals surface area contributed by atoms with E-state index in [0.717, 1.165) is 5.69 Å². The van der Waals surface area contributed by atoms with E-state index in [1.807, 2.05) is 20.8 Å². The molecule has 2 aromatic heterocycles. The second kappa shape index (κ2) is 7.31. The molecule has 2 aromatic rings. The highest BCUT2D eigenvalue weighted by molar-refractivity contribution is 6.35. The fourth-order valence-electron chi connectivity index (χ4n) is 1.78. The molecule has 0 bridgehead atoms. The summed E-state index contributed by atoms with van der Waals surface area (Å²) in [5, 5.41) is 4.52. The van der Waals surface area contributed by atoms with Gasteiger partial charge in [0.05, 0.1) is 16.8 Å². The van der Waals surface area contributed by atoms with Gasteiger partial charge in [-0.25, -0.2) is 15.0 Å². The Hall–Kier alpha value is -1.30. The van der Waals surface area contributed by atoms with Crippen molar-refractivity contribution >= 4 is 40.6 Å². The molecule has 0 aromatic carbocycles. The van der Waals surface area contributed by atoms with Crippen LogP contribution in [0.4, 0.5) is 5.82 Å². The number of hydrogen-bond donors (Lipinski definition) is 1. The molecule has 22 heavy (non-hydrogen) atoms. The molecule has 1 N–H and O–H groups in total. The molecule has 0 aliphatic carbocycles. The van der Waals surface area contributed by atoms with Gasteiger partial charge in [-0.1, -0.05) is 34.8 Å². The fraction of sp³-hybridized carbons (Fsp3) is 0.357. The van der Waals surface area contributed by atoms with Gasteiger partial charge in [0.15, 0.2) is 0 Å². The SMILES string of the molecule is Cc1nc(C)c(Cl)c(N[C@@H](C)COc2ncc(Cl)cc2Cl)n1. The first kappa shape index (κ1) is 17.1. The summed E-state index contributed by atoms with van der Waals surface area (Å²) >= 11 is 18.0. The number of aryl methyl sites for hydroxylation is 2. The Bertz CT molecular complexity index is 681. The number of nitrogens with zero attached hydrogens (tertiary/aromatic N) is 3. The van der Waals surface area contributed by atoms with Crippen LogP contribution in [0.1, 0.15) is 18.4 Å². The summed E-state index contributed by atoms with van der Waals surface area (Å²) in [7, 11) is 0. The molecule has 0 amide bonds. The van der Waals surface area contributed by atoms with Crippen molar-refractivity contribution in [2.45, 2.75) is 26.8 Å². The third-order valence-electron chi connectivity index (χ3n) is 2.76. The predicted molar refractivity (Wildman–Crippen MR) is 89.4 cm³/mol. The lowest BCUT2D eigenvalue weighted by atomic mass is 10.3. The van der Waals surface area contributed by atoms with Crippen molar-refractivity contribution in [2.75, 3.05) is 11.9 Å². The highest BCUT2D eigenvalue weighted by Crippen LogP contribution is 2.25. The average Bonchev–Trinajstić information content (AvgIpc) is 2.43. The van der Waals surface area contributed by atoms with Gasteiger partial charge in [-0.2, -0.15) is 0 Å². The summed E-state index contributed by atoms with van der Waals surface area (Å²) in [6.07, 6.45) is 1.48. The first-order chi connectivity index (χ1) is 10.4. The summed E-state index contributed by atoms with van der Waals surface area (Å²) in [5.41, 5.74) is 0.729. The number of ether oxygens (including phenoxy) is 1. The van der Waals surface area contributed by atoms with E-state index in [1.54, 1.807) is 6.07 Å². The van der Waals surface area contributed by atoms with Crippen LogP contribution < -0.4 is 10.1 Å². The van der Waals surface area contributed by atoms with Crippen molar-refractivity contribution in [3.05, 3.63) is 38.8 Å². The molecule has 8 heteroatoms. The third kappa shape index (κ3) is 4.35. The number of aromatic nitrogens is 3. The summed E-state index contributed by atoms with van der Waals surface area (Å²) in [6, 6.07) is 1.53. The number of anilines is 1. The second-order valence-corrected chi connectivity index (χ2v) is 6.04. The van der Waals surface area contributed by atoms with Crippen molar-refractivity contribution in [2.24, 2.45) is 0 Å². The first-order valence-electron chi connectivity index (χ1n) is 6.58. The zero-order valence-electron chi connectivity index (χ0n) is 12.3. The first-order valence-corrected chi connectivity index (χ1v) is 7.71. The smallest absolute Gasteiger partial charge is 0.232 e. The van der Waals surface area contributed by atoms with Gasteiger partial charge >= 0.3 is 0 Å². The molecule has 0 saturated heterocycles. The molecule has 0 aliphatic rings. The van der Waals surface area contributed by atoms with E-state index in [9.17, 15) is 0 Å². The Kier molecular flexibility index (Phi) is 5.67. The lowest BCUT2D eigenvalue weighted by Crippen LogP contribution is -2.25.